The fourth-order valence-electron chi connectivity index (χ4n) is 4.10. The average Bonchev–Trinajstić information content (AvgIpc) is 3.61. The summed E-state index contributed by atoms with van der Waals surface area (Å²) < 4.78 is 2.60. The molecule has 1 aliphatic carbocycles. The summed E-state index contributed by atoms with van der Waals surface area (Å²) in [7, 11) is 0. The molecule has 0 fully saturated rings. The molecule has 34 heavy (non-hydrogen) atoms. The molecule has 2 N–H and O–H groups in total. The van der Waals surface area contributed by atoms with E-state index in [4.69, 9.17) is 16.6 Å². The Labute approximate surface area is 213 Å². The summed E-state index contributed by atoms with van der Waals surface area (Å²) in [5, 5.41) is 11.8. The van der Waals surface area contributed by atoms with E-state index < -0.39 is 0 Å². The maximum Gasteiger partial charge on any atom is 0.220 e. The van der Waals surface area contributed by atoms with Crippen molar-refractivity contribution >= 4 is 44.9 Å². The quantitative estimate of drug-likeness (QED) is 0.201. The summed E-state index contributed by atoms with van der Waals surface area (Å²) in [5.41, 5.74) is 3.41. The van der Waals surface area contributed by atoms with Crippen molar-refractivity contribution in [2.45, 2.75) is 51.0 Å². The minimum atomic E-state index is -0.273. The molecule has 6 nitrogen and oxygen atoms in total. The molecule has 0 spiro atoms. The van der Waals surface area contributed by atoms with Crippen LogP contribution in [-0.2, 0) is 4.79 Å². The van der Waals surface area contributed by atoms with Gasteiger partial charge in [-0.25, -0.2) is 4.98 Å². The Kier molecular flexibility index (Phi) is 7.73. The normalized spacial score (nSPS) is 14.4. The third-order valence-corrected chi connectivity index (χ3v) is 6.94. The fourth-order valence-corrected chi connectivity index (χ4v) is 4.68. The van der Waals surface area contributed by atoms with E-state index in [-0.39, 0.29) is 11.4 Å². The lowest BCUT2D eigenvalue weighted by Crippen LogP contribution is -2.45. The highest BCUT2D eigenvalue weighted by atomic mass is 79.9. The number of amides is 1. The first kappa shape index (κ1) is 24.5. The van der Waals surface area contributed by atoms with Crippen molar-refractivity contribution in [3.05, 3.63) is 70.3 Å². The van der Waals surface area contributed by atoms with E-state index in [0.717, 1.165) is 65.8 Å². The first-order chi connectivity index (χ1) is 16.4. The highest BCUT2D eigenvalue weighted by Crippen LogP contribution is 2.34. The minimum absolute atomic E-state index is 0.103. The summed E-state index contributed by atoms with van der Waals surface area (Å²) in [6, 6.07) is 9.64. The number of fused-ring (bicyclic) bond motifs is 1. The van der Waals surface area contributed by atoms with Gasteiger partial charge in [0.25, 0.3) is 0 Å². The lowest BCUT2D eigenvalue weighted by atomic mass is 9.93. The molecule has 3 aromatic rings. The van der Waals surface area contributed by atoms with Crippen LogP contribution in [0.15, 0.2) is 65.3 Å². The summed E-state index contributed by atoms with van der Waals surface area (Å²) in [6.45, 7) is 6.67. The molecule has 4 rings (SSSR count). The van der Waals surface area contributed by atoms with Crippen molar-refractivity contribution in [3.63, 3.8) is 0 Å². The molecule has 2 heterocycles. The smallest absolute Gasteiger partial charge is 0.220 e. The van der Waals surface area contributed by atoms with Crippen LogP contribution in [-0.4, -0.2) is 32.6 Å². The Balaban J connectivity index is 1.31. The van der Waals surface area contributed by atoms with E-state index in [0.29, 0.717) is 11.4 Å². The zero-order valence-electron chi connectivity index (χ0n) is 19.3. The van der Waals surface area contributed by atoms with Crippen LogP contribution in [0.4, 0.5) is 5.82 Å². The molecule has 178 valence electrons. The van der Waals surface area contributed by atoms with E-state index in [2.05, 4.69) is 51.2 Å². The lowest BCUT2D eigenvalue weighted by molar-refractivity contribution is -0.122. The second kappa shape index (κ2) is 10.7. The van der Waals surface area contributed by atoms with E-state index >= 15 is 0 Å². The molecule has 1 aromatic carbocycles. The molecule has 0 saturated carbocycles. The monoisotopic (exact) mass is 541 g/mol. The third kappa shape index (κ3) is 5.70. The Hall–Kier alpha value is -2.64. The van der Waals surface area contributed by atoms with Crippen LogP contribution in [0.5, 0.6) is 0 Å². The Morgan fingerprint density at radius 2 is 2.12 bits per heavy atom. The van der Waals surface area contributed by atoms with Gasteiger partial charge < -0.3 is 10.6 Å². The van der Waals surface area contributed by atoms with Crippen LogP contribution in [0.1, 0.15) is 45.4 Å². The Morgan fingerprint density at radius 1 is 1.32 bits per heavy atom. The van der Waals surface area contributed by atoms with Crippen LogP contribution in [0.25, 0.3) is 16.9 Å². The molecule has 0 aliphatic heterocycles. The zero-order chi connectivity index (χ0) is 24.1. The molecular weight excluding hydrogens is 514 g/mol. The van der Waals surface area contributed by atoms with E-state index in [1.165, 1.54) is 5.57 Å². The standard InChI is InChI=1S/C26H29BrClN5O/c1-3-14-26(2,18-12-13-18)32-24(34)11-5-4-8-15-29-23-16-22(19-9-6-7-10-21(19)28)31-25-20(27)17-30-33(23)25/h3,6-7,9-10,12,16-17,29H,1,4-5,8,11,13-15H2,2H3,(H,32,34). The number of hydrogen-bond donors (Lipinski definition) is 2. The fraction of sp³-hybridized carbons (Fsp3) is 0.346. The number of allylic oxidation sites excluding steroid dienone is 1. The highest BCUT2D eigenvalue weighted by Gasteiger charge is 2.33. The number of nitrogens with one attached hydrogen (secondary N) is 2. The van der Waals surface area contributed by atoms with Gasteiger partial charge in [-0.05, 0) is 60.2 Å². The molecule has 1 unspecified atom stereocenters. The zero-order valence-corrected chi connectivity index (χ0v) is 21.6. The van der Waals surface area contributed by atoms with Gasteiger partial charge in [0.1, 0.15) is 5.82 Å². The van der Waals surface area contributed by atoms with E-state index in [9.17, 15) is 4.79 Å². The third-order valence-electron chi connectivity index (χ3n) is 6.05. The molecule has 2 aromatic heterocycles. The minimum Gasteiger partial charge on any atom is -0.370 e. The largest absolute Gasteiger partial charge is 0.370 e. The number of benzene rings is 1. The van der Waals surface area contributed by atoms with Crippen molar-refractivity contribution in [2.75, 3.05) is 11.9 Å². The number of rotatable bonds is 12. The number of aromatic nitrogens is 3. The first-order valence-corrected chi connectivity index (χ1v) is 12.7. The predicted octanol–water partition coefficient (Wildman–Crippen LogP) is 6.57. The number of carbonyl (C=O) groups excluding carboxylic acids is 1. The summed E-state index contributed by atoms with van der Waals surface area (Å²) in [4.78, 5) is 17.2. The summed E-state index contributed by atoms with van der Waals surface area (Å²) in [5.74, 6) is 0.952. The second-order valence-electron chi connectivity index (χ2n) is 8.78. The Bertz CT molecular complexity index is 1240. The number of nitrogens with zero attached hydrogens (tertiary/aromatic N) is 3. The molecule has 0 saturated heterocycles. The predicted molar refractivity (Wildman–Crippen MR) is 142 cm³/mol. The maximum absolute atomic E-state index is 12.4. The number of halogens is 2. The lowest BCUT2D eigenvalue weighted by Gasteiger charge is -2.28. The SMILES string of the molecule is C=CCC(C)(NC(=O)CCCCCNc1cc(-c2ccccc2Cl)nc2c(Br)cnn12)C1=CC1. The van der Waals surface area contributed by atoms with Crippen LogP contribution in [0.3, 0.4) is 0 Å². The van der Waals surface area contributed by atoms with Crippen molar-refractivity contribution in [2.24, 2.45) is 0 Å². The molecule has 1 atom stereocenters. The average molecular weight is 543 g/mol. The van der Waals surface area contributed by atoms with Crippen molar-refractivity contribution in [1.29, 1.82) is 0 Å². The van der Waals surface area contributed by atoms with Gasteiger partial charge in [-0.2, -0.15) is 9.61 Å². The number of unbranched alkanes of at least 4 members (excludes halogenated alkanes) is 2. The van der Waals surface area contributed by atoms with Crippen LogP contribution in [0, 0.1) is 0 Å². The highest BCUT2D eigenvalue weighted by molar-refractivity contribution is 9.10. The molecule has 0 bridgehead atoms. The Morgan fingerprint density at radius 3 is 2.85 bits per heavy atom. The molecule has 0 radical (unpaired) electrons. The van der Waals surface area contributed by atoms with Crippen molar-refractivity contribution in [3.8, 4) is 11.3 Å². The van der Waals surface area contributed by atoms with Gasteiger partial charge in [-0.3, -0.25) is 4.79 Å². The number of anilines is 1. The van der Waals surface area contributed by atoms with Gasteiger partial charge in [0.2, 0.25) is 5.91 Å². The van der Waals surface area contributed by atoms with Crippen LogP contribution >= 0.6 is 27.5 Å². The van der Waals surface area contributed by atoms with Crippen molar-refractivity contribution in [1.82, 2.24) is 19.9 Å². The maximum atomic E-state index is 12.4. The van der Waals surface area contributed by atoms with Gasteiger partial charge in [0.05, 0.1) is 21.9 Å². The van der Waals surface area contributed by atoms with E-state index in [1.807, 2.05) is 36.4 Å². The van der Waals surface area contributed by atoms with Gasteiger partial charge >= 0.3 is 0 Å². The van der Waals surface area contributed by atoms with Crippen LogP contribution in [0.2, 0.25) is 5.02 Å². The summed E-state index contributed by atoms with van der Waals surface area (Å²) >= 11 is 9.94. The van der Waals surface area contributed by atoms with Gasteiger partial charge in [0.15, 0.2) is 5.65 Å². The topological polar surface area (TPSA) is 71.3 Å². The molecule has 8 heteroatoms. The van der Waals surface area contributed by atoms with Crippen LogP contribution < -0.4 is 10.6 Å². The van der Waals surface area contributed by atoms with Gasteiger partial charge in [-0.15, -0.1) is 6.58 Å². The number of hydrogen-bond acceptors (Lipinski definition) is 4. The van der Waals surface area contributed by atoms with Crippen molar-refractivity contribution < 1.29 is 4.79 Å². The van der Waals surface area contributed by atoms with Gasteiger partial charge in [-0.1, -0.05) is 48.4 Å². The number of carbonyl (C=O) groups is 1. The summed E-state index contributed by atoms with van der Waals surface area (Å²) in [6.07, 6.45) is 10.8. The molecule has 1 amide bonds. The first-order valence-electron chi connectivity index (χ1n) is 11.6. The molecular formula is C26H29BrClN5O. The molecule has 1 aliphatic rings. The van der Waals surface area contributed by atoms with Gasteiger partial charge in [0, 0.05) is 29.6 Å². The van der Waals surface area contributed by atoms with E-state index in [1.54, 1.807) is 10.7 Å². The second-order valence-corrected chi connectivity index (χ2v) is 10.0.